The molecular formula is C13H14O3S. The number of benzene rings is 1. The summed E-state index contributed by atoms with van der Waals surface area (Å²) >= 11 is 1.57. The van der Waals surface area contributed by atoms with Crippen molar-refractivity contribution in [2.45, 2.75) is 20.5 Å². The summed E-state index contributed by atoms with van der Waals surface area (Å²) in [6.07, 6.45) is 0. The van der Waals surface area contributed by atoms with Gasteiger partial charge in [0.05, 0.1) is 18.8 Å². The smallest absolute Gasteiger partial charge is 0.338 e. The van der Waals surface area contributed by atoms with Crippen LogP contribution in [-0.2, 0) is 11.3 Å². The summed E-state index contributed by atoms with van der Waals surface area (Å²) < 4.78 is 5.98. The van der Waals surface area contributed by atoms with Crippen molar-refractivity contribution in [1.82, 2.24) is 0 Å². The number of fused-ring (bicyclic) bond motifs is 1. The predicted molar refractivity (Wildman–Crippen MR) is 68.4 cm³/mol. The third-order valence-corrected chi connectivity index (χ3v) is 3.67. The standard InChI is InChI=1S/C13H14O3S/c1-3-16-13(15)9-4-10(6-14)12-8(2)7-17-11(12)5-9/h4-5,7,14H,3,6H2,1-2H3. The Kier molecular flexibility index (Phi) is 3.45. The molecule has 0 bridgehead atoms. The largest absolute Gasteiger partial charge is 0.462 e. The van der Waals surface area contributed by atoms with E-state index in [1.807, 2.05) is 18.4 Å². The zero-order chi connectivity index (χ0) is 12.4. The Bertz CT molecular complexity index is 557. The van der Waals surface area contributed by atoms with Crippen molar-refractivity contribution in [3.63, 3.8) is 0 Å². The molecule has 0 aliphatic heterocycles. The van der Waals surface area contributed by atoms with Gasteiger partial charge in [0, 0.05) is 10.1 Å². The molecule has 0 unspecified atom stereocenters. The van der Waals surface area contributed by atoms with Crippen molar-refractivity contribution in [3.8, 4) is 0 Å². The van der Waals surface area contributed by atoms with Gasteiger partial charge in [-0.15, -0.1) is 11.3 Å². The number of aliphatic hydroxyl groups is 1. The first kappa shape index (κ1) is 12.1. The summed E-state index contributed by atoms with van der Waals surface area (Å²) in [6.45, 7) is 4.07. The number of aryl methyl sites for hydroxylation is 1. The first-order chi connectivity index (χ1) is 8.17. The van der Waals surface area contributed by atoms with Gasteiger partial charge in [0.15, 0.2) is 0 Å². The molecule has 2 aromatic rings. The highest BCUT2D eigenvalue weighted by atomic mass is 32.1. The van der Waals surface area contributed by atoms with E-state index in [1.54, 1.807) is 24.3 Å². The van der Waals surface area contributed by atoms with E-state index < -0.39 is 0 Å². The van der Waals surface area contributed by atoms with E-state index >= 15 is 0 Å². The molecule has 1 heterocycles. The van der Waals surface area contributed by atoms with Gasteiger partial charge in [-0.3, -0.25) is 0 Å². The number of carbonyl (C=O) groups excluding carboxylic acids is 1. The van der Waals surface area contributed by atoms with Crippen molar-refractivity contribution in [2.75, 3.05) is 6.61 Å². The summed E-state index contributed by atoms with van der Waals surface area (Å²) in [5.74, 6) is -0.338. The maximum absolute atomic E-state index is 11.7. The van der Waals surface area contributed by atoms with Crippen LogP contribution in [0.1, 0.15) is 28.4 Å². The average Bonchev–Trinajstić information content (AvgIpc) is 2.70. The molecule has 0 aliphatic rings. The topological polar surface area (TPSA) is 46.5 Å². The number of rotatable bonds is 3. The molecule has 90 valence electrons. The first-order valence-electron chi connectivity index (χ1n) is 5.46. The third-order valence-electron chi connectivity index (χ3n) is 2.62. The van der Waals surface area contributed by atoms with Gasteiger partial charge in [-0.1, -0.05) is 0 Å². The zero-order valence-electron chi connectivity index (χ0n) is 9.82. The number of hydrogen-bond acceptors (Lipinski definition) is 4. The minimum atomic E-state index is -0.338. The van der Waals surface area contributed by atoms with Gasteiger partial charge in [-0.25, -0.2) is 4.79 Å². The van der Waals surface area contributed by atoms with Gasteiger partial charge in [-0.2, -0.15) is 0 Å². The van der Waals surface area contributed by atoms with Crippen LogP contribution in [0.2, 0.25) is 0 Å². The Hall–Kier alpha value is -1.39. The minimum absolute atomic E-state index is 0.0681. The maximum atomic E-state index is 11.7. The molecule has 1 N–H and O–H groups in total. The SMILES string of the molecule is CCOC(=O)c1cc(CO)c2c(C)csc2c1. The molecule has 0 radical (unpaired) electrons. The molecule has 1 aromatic carbocycles. The Labute approximate surface area is 104 Å². The second-order valence-corrected chi connectivity index (χ2v) is 4.72. The normalized spacial score (nSPS) is 10.8. The van der Waals surface area contributed by atoms with E-state index in [0.29, 0.717) is 12.2 Å². The number of carbonyl (C=O) groups is 1. The molecule has 3 nitrogen and oxygen atoms in total. The van der Waals surface area contributed by atoms with Crippen LogP contribution >= 0.6 is 11.3 Å². The van der Waals surface area contributed by atoms with Gasteiger partial charge in [0.1, 0.15) is 0 Å². The van der Waals surface area contributed by atoms with Gasteiger partial charge >= 0.3 is 5.97 Å². The summed E-state index contributed by atoms with van der Waals surface area (Å²) in [5.41, 5.74) is 2.42. The van der Waals surface area contributed by atoms with Crippen molar-refractivity contribution in [3.05, 3.63) is 34.2 Å². The van der Waals surface area contributed by atoms with E-state index in [0.717, 1.165) is 21.2 Å². The molecule has 1 aromatic heterocycles. The van der Waals surface area contributed by atoms with Crippen LogP contribution in [0.3, 0.4) is 0 Å². The van der Waals surface area contributed by atoms with E-state index in [9.17, 15) is 9.90 Å². The molecule has 0 aliphatic carbocycles. The van der Waals surface area contributed by atoms with E-state index in [-0.39, 0.29) is 12.6 Å². The maximum Gasteiger partial charge on any atom is 0.338 e. The van der Waals surface area contributed by atoms with Crippen LogP contribution in [0.5, 0.6) is 0 Å². The highest BCUT2D eigenvalue weighted by Gasteiger charge is 2.13. The zero-order valence-corrected chi connectivity index (χ0v) is 10.6. The van der Waals surface area contributed by atoms with Gasteiger partial charge < -0.3 is 9.84 Å². The molecular weight excluding hydrogens is 236 g/mol. The molecule has 0 saturated carbocycles. The van der Waals surface area contributed by atoms with Crippen molar-refractivity contribution in [2.24, 2.45) is 0 Å². The Morgan fingerprint density at radius 1 is 1.47 bits per heavy atom. The lowest BCUT2D eigenvalue weighted by Crippen LogP contribution is -2.05. The lowest BCUT2D eigenvalue weighted by molar-refractivity contribution is 0.0526. The lowest BCUT2D eigenvalue weighted by Gasteiger charge is -2.06. The highest BCUT2D eigenvalue weighted by molar-refractivity contribution is 7.17. The Balaban J connectivity index is 2.57. The van der Waals surface area contributed by atoms with Gasteiger partial charge in [-0.05, 0) is 42.5 Å². The number of aliphatic hydroxyl groups excluding tert-OH is 1. The molecule has 0 amide bonds. The molecule has 2 rings (SSSR count). The van der Waals surface area contributed by atoms with Crippen molar-refractivity contribution >= 4 is 27.4 Å². The highest BCUT2D eigenvalue weighted by Crippen LogP contribution is 2.30. The summed E-state index contributed by atoms with van der Waals surface area (Å²) in [6, 6.07) is 3.53. The Morgan fingerprint density at radius 2 is 2.24 bits per heavy atom. The van der Waals surface area contributed by atoms with Crippen molar-refractivity contribution in [1.29, 1.82) is 0 Å². The number of ether oxygens (including phenoxy) is 1. The van der Waals surface area contributed by atoms with Crippen LogP contribution in [0.4, 0.5) is 0 Å². The molecule has 0 spiro atoms. The fourth-order valence-electron chi connectivity index (χ4n) is 1.88. The van der Waals surface area contributed by atoms with Crippen LogP contribution < -0.4 is 0 Å². The number of esters is 1. The minimum Gasteiger partial charge on any atom is -0.462 e. The molecule has 0 saturated heterocycles. The summed E-state index contributed by atoms with van der Waals surface area (Å²) in [4.78, 5) is 11.7. The van der Waals surface area contributed by atoms with E-state index in [1.165, 1.54) is 0 Å². The van der Waals surface area contributed by atoms with E-state index in [2.05, 4.69) is 0 Å². The summed E-state index contributed by atoms with van der Waals surface area (Å²) in [7, 11) is 0. The lowest BCUT2D eigenvalue weighted by atomic mass is 10.0. The quantitative estimate of drug-likeness (QED) is 0.852. The predicted octanol–water partition coefficient (Wildman–Crippen LogP) is 2.88. The van der Waals surface area contributed by atoms with E-state index in [4.69, 9.17) is 4.74 Å². The van der Waals surface area contributed by atoms with Crippen LogP contribution in [-0.4, -0.2) is 17.7 Å². The van der Waals surface area contributed by atoms with Crippen molar-refractivity contribution < 1.29 is 14.6 Å². The number of thiophene rings is 1. The molecule has 0 fully saturated rings. The number of hydrogen-bond donors (Lipinski definition) is 1. The van der Waals surface area contributed by atoms with Crippen LogP contribution in [0.15, 0.2) is 17.5 Å². The van der Waals surface area contributed by atoms with Gasteiger partial charge in [0.2, 0.25) is 0 Å². The first-order valence-corrected chi connectivity index (χ1v) is 6.34. The monoisotopic (exact) mass is 250 g/mol. The van der Waals surface area contributed by atoms with Crippen LogP contribution in [0.25, 0.3) is 10.1 Å². The molecule has 17 heavy (non-hydrogen) atoms. The fraction of sp³-hybridized carbons (Fsp3) is 0.308. The van der Waals surface area contributed by atoms with Crippen LogP contribution in [0, 0.1) is 6.92 Å². The molecule has 0 atom stereocenters. The second-order valence-electron chi connectivity index (χ2n) is 3.81. The average molecular weight is 250 g/mol. The molecule has 4 heteroatoms. The summed E-state index contributed by atoms with van der Waals surface area (Å²) in [5, 5.41) is 12.4. The van der Waals surface area contributed by atoms with Gasteiger partial charge in [0.25, 0.3) is 0 Å². The fourth-order valence-corrected chi connectivity index (χ4v) is 2.91. The Morgan fingerprint density at radius 3 is 2.88 bits per heavy atom. The third kappa shape index (κ3) is 2.18. The second kappa shape index (κ2) is 4.85.